The maximum Gasteiger partial charge on any atom is 0.229 e. The molecule has 0 radical (unpaired) electrons. The third-order valence-electron chi connectivity index (χ3n) is 4.06. The van der Waals surface area contributed by atoms with E-state index in [1.807, 2.05) is 0 Å². The standard InChI is InChI=1S/C12H19N3O/c13-10-7-3-6-9(10)11-14-12(16-15-11)8-4-1-2-5-8/h8-10H,1-7,13H2. The molecule has 1 aromatic heterocycles. The largest absolute Gasteiger partial charge is 0.339 e. The third kappa shape index (κ3) is 1.75. The van der Waals surface area contributed by atoms with Gasteiger partial charge in [0.25, 0.3) is 0 Å². The zero-order chi connectivity index (χ0) is 11.0. The van der Waals surface area contributed by atoms with Crippen LogP contribution in [0.3, 0.4) is 0 Å². The predicted octanol–water partition coefficient (Wildman–Crippen LogP) is 2.32. The average molecular weight is 221 g/mol. The summed E-state index contributed by atoms with van der Waals surface area (Å²) in [6.45, 7) is 0. The number of hydrogen-bond acceptors (Lipinski definition) is 4. The van der Waals surface area contributed by atoms with Crippen LogP contribution in [0.1, 0.15) is 68.5 Å². The van der Waals surface area contributed by atoms with Crippen molar-refractivity contribution in [1.29, 1.82) is 0 Å². The Kier molecular flexibility index (Phi) is 2.67. The molecule has 0 bridgehead atoms. The molecule has 2 aliphatic rings. The van der Waals surface area contributed by atoms with Gasteiger partial charge in [-0.3, -0.25) is 0 Å². The Labute approximate surface area is 95.6 Å². The summed E-state index contributed by atoms with van der Waals surface area (Å²) in [5.41, 5.74) is 6.05. The molecule has 2 aliphatic carbocycles. The lowest BCUT2D eigenvalue weighted by Crippen LogP contribution is -2.23. The smallest absolute Gasteiger partial charge is 0.229 e. The fraction of sp³-hybridized carbons (Fsp3) is 0.833. The quantitative estimate of drug-likeness (QED) is 0.832. The van der Waals surface area contributed by atoms with Crippen molar-refractivity contribution in [2.75, 3.05) is 0 Å². The van der Waals surface area contributed by atoms with Crippen LogP contribution in [0.15, 0.2) is 4.52 Å². The number of nitrogens with two attached hydrogens (primary N) is 1. The molecule has 88 valence electrons. The highest BCUT2D eigenvalue weighted by atomic mass is 16.5. The summed E-state index contributed by atoms with van der Waals surface area (Å²) in [7, 11) is 0. The van der Waals surface area contributed by atoms with Crippen molar-refractivity contribution in [2.24, 2.45) is 5.73 Å². The van der Waals surface area contributed by atoms with E-state index in [9.17, 15) is 0 Å². The first-order valence-electron chi connectivity index (χ1n) is 6.43. The van der Waals surface area contributed by atoms with Gasteiger partial charge >= 0.3 is 0 Å². The van der Waals surface area contributed by atoms with Crippen molar-refractivity contribution in [1.82, 2.24) is 10.1 Å². The first-order valence-corrected chi connectivity index (χ1v) is 6.43. The minimum atomic E-state index is 0.231. The van der Waals surface area contributed by atoms with Crippen LogP contribution in [0.4, 0.5) is 0 Å². The van der Waals surface area contributed by atoms with E-state index in [-0.39, 0.29) is 6.04 Å². The second-order valence-electron chi connectivity index (χ2n) is 5.17. The molecule has 2 N–H and O–H groups in total. The summed E-state index contributed by atoms with van der Waals surface area (Å²) in [5, 5.41) is 4.13. The van der Waals surface area contributed by atoms with Crippen molar-refractivity contribution in [3.63, 3.8) is 0 Å². The van der Waals surface area contributed by atoms with Gasteiger partial charge < -0.3 is 10.3 Å². The third-order valence-corrected chi connectivity index (χ3v) is 4.06. The van der Waals surface area contributed by atoms with Crippen molar-refractivity contribution < 1.29 is 4.52 Å². The molecule has 2 saturated carbocycles. The van der Waals surface area contributed by atoms with Crippen molar-refractivity contribution in [3.05, 3.63) is 11.7 Å². The van der Waals surface area contributed by atoms with Crippen molar-refractivity contribution >= 4 is 0 Å². The van der Waals surface area contributed by atoms with Gasteiger partial charge in [-0.1, -0.05) is 24.4 Å². The van der Waals surface area contributed by atoms with Crippen LogP contribution in [0.5, 0.6) is 0 Å². The summed E-state index contributed by atoms with van der Waals surface area (Å²) in [4.78, 5) is 4.57. The van der Waals surface area contributed by atoms with E-state index in [2.05, 4.69) is 10.1 Å². The van der Waals surface area contributed by atoms with Gasteiger partial charge in [0.05, 0.1) is 0 Å². The molecule has 0 saturated heterocycles. The van der Waals surface area contributed by atoms with Crippen molar-refractivity contribution in [3.8, 4) is 0 Å². The summed E-state index contributed by atoms with van der Waals surface area (Å²) in [5.74, 6) is 2.55. The highest BCUT2D eigenvalue weighted by Gasteiger charge is 2.31. The Bertz CT molecular complexity index is 357. The number of rotatable bonds is 2. The molecule has 1 aromatic rings. The van der Waals surface area contributed by atoms with Crippen LogP contribution >= 0.6 is 0 Å². The highest BCUT2D eigenvalue weighted by molar-refractivity contribution is 5.05. The van der Waals surface area contributed by atoms with Crippen LogP contribution < -0.4 is 5.73 Å². The highest BCUT2D eigenvalue weighted by Crippen LogP contribution is 2.36. The molecule has 2 atom stereocenters. The van der Waals surface area contributed by atoms with E-state index in [4.69, 9.17) is 10.3 Å². The SMILES string of the molecule is NC1CCCC1c1noc(C2CCCC2)n1. The fourth-order valence-corrected chi connectivity index (χ4v) is 3.05. The van der Waals surface area contributed by atoms with E-state index in [0.29, 0.717) is 11.8 Å². The Morgan fingerprint density at radius 3 is 2.56 bits per heavy atom. The fourth-order valence-electron chi connectivity index (χ4n) is 3.05. The van der Waals surface area contributed by atoms with Gasteiger partial charge in [-0.2, -0.15) is 4.98 Å². The topological polar surface area (TPSA) is 64.9 Å². The summed E-state index contributed by atoms with van der Waals surface area (Å²) < 4.78 is 5.39. The molecular formula is C12H19N3O. The minimum absolute atomic E-state index is 0.231. The first kappa shape index (κ1) is 10.3. The van der Waals surface area contributed by atoms with E-state index in [1.54, 1.807) is 0 Å². The number of nitrogens with zero attached hydrogens (tertiary/aromatic N) is 2. The Morgan fingerprint density at radius 2 is 1.88 bits per heavy atom. The molecule has 0 amide bonds. The van der Waals surface area contributed by atoms with E-state index >= 15 is 0 Å². The monoisotopic (exact) mass is 221 g/mol. The van der Waals surface area contributed by atoms with Gasteiger partial charge in [-0.15, -0.1) is 0 Å². The molecule has 1 heterocycles. The lowest BCUT2D eigenvalue weighted by atomic mass is 10.0. The number of hydrogen-bond donors (Lipinski definition) is 1. The lowest BCUT2D eigenvalue weighted by molar-refractivity contribution is 0.346. The van der Waals surface area contributed by atoms with Gasteiger partial charge in [-0.25, -0.2) is 0 Å². The first-order chi connectivity index (χ1) is 7.84. The maximum absolute atomic E-state index is 6.05. The molecule has 4 heteroatoms. The predicted molar refractivity (Wildman–Crippen MR) is 60.1 cm³/mol. The van der Waals surface area contributed by atoms with Crippen LogP contribution in [0, 0.1) is 0 Å². The van der Waals surface area contributed by atoms with Crippen LogP contribution in [0.2, 0.25) is 0 Å². The van der Waals surface area contributed by atoms with Gasteiger partial charge in [0.2, 0.25) is 5.89 Å². The Hall–Kier alpha value is -0.900. The van der Waals surface area contributed by atoms with Crippen LogP contribution in [-0.4, -0.2) is 16.2 Å². The maximum atomic E-state index is 6.05. The zero-order valence-electron chi connectivity index (χ0n) is 9.56. The zero-order valence-corrected chi connectivity index (χ0v) is 9.56. The summed E-state index contributed by atoms with van der Waals surface area (Å²) in [6.07, 6.45) is 8.41. The summed E-state index contributed by atoms with van der Waals surface area (Å²) >= 11 is 0. The minimum Gasteiger partial charge on any atom is -0.339 e. The molecule has 0 aromatic carbocycles. The van der Waals surface area contributed by atoms with Crippen molar-refractivity contribution in [2.45, 2.75) is 62.8 Å². The average Bonchev–Trinajstić information content (AvgIpc) is 2.96. The van der Waals surface area contributed by atoms with Gasteiger partial charge in [0.15, 0.2) is 5.82 Å². The molecular weight excluding hydrogens is 202 g/mol. The van der Waals surface area contributed by atoms with E-state index in [0.717, 1.165) is 24.6 Å². The van der Waals surface area contributed by atoms with Gasteiger partial charge in [0, 0.05) is 17.9 Å². The summed E-state index contributed by atoms with van der Waals surface area (Å²) in [6, 6.07) is 0.231. The molecule has 4 nitrogen and oxygen atoms in total. The van der Waals surface area contributed by atoms with Crippen LogP contribution in [-0.2, 0) is 0 Å². The molecule has 0 spiro atoms. The molecule has 2 unspecified atom stereocenters. The van der Waals surface area contributed by atoms with Gasteiger partial charge in [-0.05, 0) is 25.7 Å². The normalized spacial score (nSPS) is 31.3. The Balaban J connectivity index is 1.76. The molecule has 0 aliphatic heterocycles. The molecule has 2 fully saturated rings. The number of aromatic nitrogens is 2. The van der Waals surface area contributed by atoms with Crippen LogP contribution in [0.25, 0.3) is 0 Å². The Morgan fingerprint density at radius 1 is 1.06 bits per heavy atom. The second kappa shape index (κ2) is 4.17. The second-order valence-corrected chi connectivity index (χ2v) is 5.17. The van der Waals surface area contributed by atoms with E-state index in [1.165, 1.54) is 32.1 Å². The lowest BCUT2D eigenvalue weighted by Gasteiger charge is -2.09. The van der Waals surface area contributed by atoms with E-state index < -0.39 is 0 Å². The molecule has 16 heavy (non-hydrogen) atoms. The van der Waals surface area contributed by atoms with Gasteiger partial charge in [0.1, 0.15) is 0 Å². The molecule has 3 rings (SSSR count).